The molecule has 0 spiro atoms. The SMILES string of the molecule is Cc1ccc(OCc2ccn(C(C)C)n2)c([C@H](C)N)c1. The van der Waals surface area contributed by atoms with E-state index in [0.29, 0.717) is 12.6 Å². The molecule has 0 aliphatic rings. The summed E-state index contributed by atoms with van der Waals surface area (Å²) in [4.78, 5) is 0. The van der Waals surface area contributed by atoms with E-state index in [1.807, 2.05) is 36.0 Å². The zero-order chi connectivity index (χ0) is 14.7. The molecule has 0 fully saturated rings. The smallest absolute Gasteiger partial charge is 0.132 e. The average molecular weight is 273 g/mol. The van der Waals surface area contributed by atoms with E-state index >= 15 is 0 Å². The second-order valence-corrected chi connectivity index (χ2v) is 5.50. The van der Waals surface area contributed by atoms with Crippen molar-refractivity contribution in [3.63, 3.8) is 0 Å². The molecule has 0 saturated carbocycles. The second-order valence-electron chi connectivity index (χ2n) is 5.50. The molecule has 20 heavy (non-hydrogen) atoms. The highest BCUT2D eigenvalue weighted by Crippen LogP contribution is 2.25. The summed E-state index contributed by atoms with van der Waals surface area (Å²) in [7, 11) is 0. The van der Waals surface area contributed by atoms with Crippen LogP contribution < -0.4 is 10.5 Å². The molecule has 1 aromatic heterocycles. The highest BCUT2D eigenvalue weighted by molar-refractivity contribution is 5.38. The van der Waals surface area contributed by atoms with Gasteiger partial charge in [-0.05, 0) is 39.8 Å². The fourth-order valence-corrected chi connectivity index (χ4v) is 2.05. The van der Waals surface area contributed by atoms with Crippen LogP contribution in [0.1, 0.15) is 49.7 Å². The van der Waals surface area contributed by atoms with Gasteiger partial charge in [-0.15, -0.1) is 0 Å². The van der Waals surface area contributed by atoms with Crippen molar-refractivity contribution >= 4 is 0 Å². The number of nitrogens with zero attached hydrogens (tertiary/aromatic N) is 2. The minimum Gasteiger partial charge on any atom is -0.487 e. The summed E-state index contributed by atoms with van der Waals surface area (Å²) in [5, 5.41) is 4.48. The molecular formula is C16H23N3O. The predicted octanol–water partition coefficient (Wildman–Crippen LogP) is 3.37. The molecule has 108 valence electrons. The van der Waals surface area contributed by atoms with Gasteiger partial charge in [0.05, 0.1) is 5.69 Å². The fraction of sp³-hybridized carbons (Fsp3) is 0.438. The largest absolute Gasteiger partial charge is 0.487 e. The van der Waals surface area contributed by atoms with E-state index in [4.69, 9.17) is 10.5 Å². The summed E-state index contributed by atoms with van der Waals surface area (Å²) in [6, 6.07) is 8.40. The quantitative estimate of drug-likeness (QED) is 0.908. The Balaban J connectivity index is 2.10. The van der Waals surface area contributed by atoms with E-state index in [1.54, 1.807) is 0 Å². The maximum absolute atomic E-state index is 6.00. The Labute approximate surface area is 120 Å². The topological polar surface area (TPSA) is 53.1 Å². The standard InChI is InChI=1S/C16H23N3O/c1-11(2)19-8-7-14(18-19)10-20-16-6-5-12(3)9-15(16)13(4)17/h5-9,11,13H,10,17H2,1-4H3/t13-/m0/s1. The summed E-state index contributed by atoms with van der Waals surface area (Å²) < 4.78 is 7.81. The molecule has 1 heterocycles. The van der Waals surface area contributed by atoms with Gasteiger partial charge in [-0.3, -0.25) is 4.68 Å². The Hall–Kier alpha value is -1.81. The lowest BCUT2D eigenvalue weighted by atomic mass is 10.1. The maximum Gasteiger partial charge on any atom is 0.132 e. The van der Waals surface area contributed by atoms with Gasteiger partial charge >= 0.3 is 0 Å². The van der Waals surface area contributed by atoms with Gasteiger partial charge in [0, 0.05) is 23.8 Å². The summed E-state index contributed by atoms with van der Waals surface area (Å²) >= 11 is 0. The molecule has 0 unspecified atom stereocenters. The first-order valence-corrected chi connectivity index (χ1v) is 7.00. The van der Waals surface area contributed by atoms with Crippen LogP contribution in [0.4, 0.5) is 0 Å². The van der Waals surface area contributed by atoms with Crippen LogP contribution in [0.5, 0.6) is 5.75 Å². The predicted molar refractivity (Wildman–Crippen MR) is 80.7 cm³/mol. The minimum absolute atomic E-state index is 0.0434. The number of ether oxygens (including phenoxy) is 1. The van der Waals surface area contributed by atoms with Crippen molar-refractivity contribution in [1.82, 2.24) is 9.78 Å². The van der Waals surface area contributed by atoms with Crippen molar-refractivity contribution in [3.05, 3.63) is 47.3 Å². The first-order valence-electron chi connectivity index (χ1n) is 7.00. The van der Waals surface area contributed by atoms with Crippen LogP contribution >= 0.6 is 0 Å². The second kappa shape index (κ2) is 6.09. The third kappa shape index (κ3) is 3.39. The lowest BCUT2D eigenvalue weighted by Crippen LogP contribution is -2.09. The van der Waals surface area contributed by atoms with Gasteiger partial charge < -0.3 is 10.5 Å². The van der Waals surface area contributed by atoms with Crippen LogP contribution in [0.15, 0.2) is 30.5 Å². The average Bonchev–Trinajstić information content (AvgIpc) is 2.86. The number of benzene rings is 1. The van der Waals surface area contributed by atoms with Crippen molar-refractivity contribution in [3.8, 4) is 5.75 Å². The third-order valence-electron chi connectivity index (χ3n) is 3.22. The Morgan fingerprint density at radius 3 is 2.60 bits per heavy atom. The molecule has 0 bridgehead atoms. The van der Waals surface area contributed by atoms with E-state index < -0.39 is 0 Å². The van der Waals surface area contributed by atoms with Crippen molar-refractivity contribution < 1.29 is 4.74 Å². The number of hydrogen-bond acceptors (Lipinski definition) is 3. The molecule has 0 aliphatic heterocycles. The molecule has 0 aliphatic carbocycles. The Morgan fingerprint density at radius 1 is 1.25 bits per heavy atom. The maximum atomic E-state index is 6.00. The summed E-state index contributed by atoms with van der Waals surface area (Å²) in [5.41, 5.74) is 9.15. The van der Waals surface area contributed by atoms with Crippen LogP contribution in [0.3, 0.4) is 0 Å². The van der Waals surface area contributed by atoms with Gasteiger partial charge in [-0.1, -0.05) is 17.7 Å². The number of rotatable bonds is 5. The first kappa shape index (κ1) is 14.6. The lowest BCUT2D eigenvalue weighted by Gasteiger charge is -2.14. The van der Waals surface area contributed by atoms with E-state index in [9.17, 15) is 0 Å². The minimum atomic E-state index is -0.0434. The van der Waals surface area contributed by atoms with Crippen LogP contribution in [0, 0.1) is 6.92 Å². The summed E-state index contributed by atoms with van der Waals surface area (Å²) in [5.74, 6) is 0.838. The molecule has 0 saturated heterocycles. The Kier molecular flexibility index (Phi) is 4.45. The van der Waals surface area contributed by atoms with Crippen molar-refractivity contribution in [2.24, 2.45) is 5.73 Å². The molecule has 2 N–H and O–H groups in total. The fourth-order valence-electron chi connectivity index (χ4n) is 2.05. The molecule has 1 atom stereocenters. The van der Waals surface area contributed by atoms with Crippen LogP contribution in [0.25, 0.3) is 0 Å². The highest BCUT2D eigenvalue weighted by atomic mass is 16.5. The Bertz CT molecular complexity index is 573. The zero-order valence-corrected chi connectivity index (χ0v) is 12.6. The molecule has 1 aromatic carbocycles. The number of nitrogens with two attached hydrogens (primary N) is 1. The van der Waals surface area contributed by atoms with E-state index in [2.05, 4.69) is 31.9 Å². The van der Waals surface area contributed by atoms with Gasteiger partial charge in [0.25, 0.3) is 0 Å². The van der Waals surface area contributed by atoms with Gasteiger partial charge in [0.1, 0.15) is 12.4 Å². The number of hydrogen-bond donors (Lipinski definition) is 1. The number of aromatic nitrogens is 2. The highest BCUT2D eigenvalue weighted by Gasteiger charge is 2.09. The molecule has 2 aromatic rings. The molecule has 4 nitrogen and oxygen atoms in total. The third-order valence-corrected chi connectivity index (χ3v) is 3.22. The number of aryl methyl sites for hydroxylation is 1. The Morgan fingerprint density at radius 2 is 2.00 bits per heavy atom. The van der Waals surface area contributed by atoms with Crippen LogP contribution in [-0.4, -0.2) is 9.78 Å². The zero-order valence-electron chi connectivity index (χ0n) is 12.6. The van der Waals surface area contributed by atoms with Crippen molar-refractivity contribution in [2.75, 3.05) is 0 Å². The van der Waals surface area contributed by atoms with Gasteiger partial charge in [-0.2, -0.15) is 5.10 Å². The van der Waals surface area contributed by atoms with E-state index in [0.717, 1.165) is 17.0 Å². The molecule has 0 amide bonds. The monoisotopic (exact) mass is 273 g/mol. The van der Waals surface area contributed by atoms with Gasteiger partial charge in [0.15, 0.2) is 0 Å². The van der Waals surface area contributed by atoms with Crippen LogP contribution in [-0.2, 0) is 6.61 Å². The van der Waals surface area contributed by atoms with Crippen molar-refractivity contribution in [2.45, 2.75) is 46.4 Å². The van der Waals surface area contributed by atoms with Crippen LogP contribution in [0.2, 0.25) is 0 Å². The molecular weight excluding hydrogens is 250 g/mol. The first-order chi connectivity index (χ1) is 9.47. The molecule has 4 heteroatoms. The molecule has 2 rings (SSSR count). The molecule has 0 radical (unpaired) electrons. The van der Waals surface area contributed by atoms with Gasteiger partial charge in [-0.25, -0.2) is 0 Å². The summed E-state index contributed by atoms with van der Waals surface area (Å²) in [6.45, 7) is 8.69. The normalized spacial score (nSPS) is 12.7. The van der Waals surface area contributed by atoms with Crippen molar-refractivity contribution in [1.29, 1.82) is 0 Å². The van der Waals surface area contributed by atoms with E-state index in [-0.39, 0.29) is 6.04 Å². The lowest BCUT2D eigenvalue weighted by molar-refractivity contribution is 0.294. The van der Waals surface area contributed by atoms with E-state index in [1.165, 1.54) is 5.56 Å². The summed E-state index contributed by atoms with van der Waals surface area (Å²) in [6.07, 6.45) is 1.98. The van der Waals surface area contributed by atoms with Gasteiger partial charge in [0.2, 0.25) is 0 Å².